The molecule has 94 valence electrons. The van der Waals surface area contributed by atoms with E-state index < -0.39 is 0 Å². The monoisotopic (exact) mass is 232 g/mol. The maximum Gasteiger partial charge on any atom is 0.162 e. The van der Waals surface area contributed by atoms with Crippen molar-refractivity contribution in [3.8, 4) is 0 Å². The first-order valence-corrected chi connectivity index (χ1v) is 6.90. The molecule has 1 aromatic carbocycles. The van der Waals surface area contributed by atoms with Crippen LogP contribution in [-0.4, -0.2) is 5.78 Å². The van der Waals surface area contributed by atoms with Gasteiger partial charge in [-0.15, -0.1) is 0 Å². The zero-order chi connectivity index (χ0) is 12.5. The van der Waals surface area contributed by atoms with E-state index in [-0.39, 0.29) is 0 Å². The molecule has 0 N–H and O–H groups in total. The lowest BCUT2D eigenvalue weighted by molar-refractivity contribution is 0.0979. The summed E-state index contributed by atoms with van der Waals surface area (Å²) in [6, 6.07) is 8.12. The van der Waals surface area contributed by atoms with Gasteiger partial charge in [0.1, 0.15) is 0 Å². The summed E-state index contributed by atoms with van der Waals surface area (Å²) in [4.78, 5) is 12.0. The summed E-state index contributed by atoms with van der Waals surface area (Å²) in [5.74, 6) is 0.305. The number of rotatable bonds is 8. The van der Waals surface area contributed by atoms with E-state index in [0.717, 1.165) is 24.8 Å². The molecule has 0 fully saturated rings. The molecule has 0 aliphatic heterocycles. The summed E-state index contributed by atoms with van der Waals surface area (Å²) in [5, 5.41) is 0. The number of ketones is 1. The molecule has 1 rings (SSSR count). The Morgan fingerprint density at radius 1 is 1.06 bits per heavy atom. The van der Waals surface area contributed by atoms with E-state index in [0.29, 0.717) is 12.2 Å². The summed E-state index contributed by atoms with van der Waals surface area (Å²) in [6.07, 6.45) is 7.57. The number of unbranched alkanes of at least 4 members (excludes halogenated alkanes) is 3. The zero-order valence-corrected chi connectivity index (χ0v) is 11.2. The predicted molar refractivity (Wildman–Crippen MR) is 73.5 cm³/mol. The lowest BCUT2D eigenvalue weighted by Crippen LogP contribution is -2.00. The Hall–Kier alpha value is -1.11. The molecule has 0 unspecified atom stereocenters. The topological polar surface area (TPSA) is 17.1 Å². The Labute approximate surface area is 105 Å². The van der Waals surface area contributed by atoms with Crippen molar-refractivity contribution in [2.24, 2.45) is 0 Å². The molecule has 0 saturated heterocycles. The number of carbonyl (C=O) groups excluding carboxylic acids is 1. The van der Waals surface area contributed by atoms with Crippen molar-refractivity contribution in [1.82, 2.24) is 0 Å². The van der Waals surface area contributed by atoms with Gasteiger partial charge in [0, 0.05) is 12.0 Å². The molecule has 0 heterocycles. The van der Waals surface area contributed by atoms with E-state index in [2.05, 4.69) is 26.0 Å². The standard InChI is InChI=1S/C16H24O/c1-3-5-6-7-12-16(17)15-11-8-10-14(13-15)9-4-2/h8,10-11,13H,3-7,9,12H2,1-2H3. The van der Waals surface area contributed by atoms with Gasteiger partial charge in [-0.05, 0) is 24.5 Å². The second-order valence-corrected chi connectivity index (χ2v) is 4.68. The van der Waals surface area contributed by atoms with Crippen molar-refractivity contribution >= 4 is 5.78 Å². The van der Waals surface area contributed by atoms with Gasteiger partial charge in [-0.25, -0.2) is 0 Å². The molecular formula is C16H24O. The van der Waals surface area contributed by atoms with E-state index in [4.69, 9.17) is 0 Å². The quantitative estimate of drug-likeness (QED) is 0.465. The molecular weight excluding hydrogens is 208 g/mol. The van der Waals surface area contributed by atoms with Crippen molar-refractivity contribution in [3.63, 3.8) is 0 Å². The van der Waals surface area contributed by atoms with Gasteiger partial charge >= 0.3 is 0 Å². The van der Waals surface area contributed by atoms with Gasteiger partial charge in [0.2, 0.25) is 0 Å². The normalized spacial score (nSPS) is 10.5. The van der Waals surface area contributed by atoms with E-state index in [1.54, 1.807) is 0 Å². The Morgan fingerprint density at radius 2 is 1.88 bits per heavy atom. The summed E-state index contributed by atoms with van der Waals surface area (Å²) < 4.78 is 0. The maximum absolute atomic E-state index is 12.0. The molecule has 0 aliphatic rings. The third-order valence-electron chi connectivity index (χ3n) is 3.05. The maximum atomic E-state index is 12.0. The summed E-state index contributed by atoms with van der Waals surface area (Å²) in [7, 11) is 0. The highest BCUT2D eigenvalue weighted by Gasteiger charge is 2.05. The lowest BCUT2D eigenvalue weighted by Gasteiger charge is -2.04. The largest absolute Gasteiger partial charge is 0.294 e. The lowest BCUT2D eigenvalue weighted by atomic mass is 10.0. The minimum absolute atomic E-state index is 0.305. The number of benzene rings is 1. The van der Waals surface area contributed by atoms with E-state index >= 15 is 0 Å². The molecule has 0 saturated carbocycles. The molecule has 1 aromatic rings. The van der Waals surface area contributed by atoms with Gasteiger partial charge < -0.3 is 0 Å². The Morgan fingerprint density at radius 3 is 2.59 bits per heavy atom. The minimum Gasteiger partial charge on any atom is -0.294 e. The SMILES string of the molecule is CCCCCCC(=O)c1cccc(CCC)c1. The first-order chi connectivity index (χ1) is 8.27. The van der Waals surface area contributed by atoms with Gasteiger partial charge in [-0.1, -0.05) is 57.7 Å². The van der Waals surface area contributed by atoms with Crippen LogP contribution in [0.3, 0.4) is 0 Å². The van der Waals surface area contributed by atoms with Crippen LogP contribution in [0, 0.1) is 0 Å². The van der Waals surface area contributed by atoms with Crippen LogP contribution in [0.25, 0.3) is 0 Å². The molecule has 0 atom stereocenters. The van der Waals surface area contributed by atoms with Crippen molar-refractivity contribution in [3.05, 3.63) is 35.4 Å². The number of Topliss-reactive ketones (excluding diaryl/α,β-unsaturated/α-hetero) is 1. The fourth-order valence-corrected chi connectivity index (χ4v) is 2.05. The second-order valence-electron chi connectivity index (χ2n) is 4.68. The molecule has 17 heavy (non-hydrogen) atoms. The number of hydrogen-bond acceptors (Lipinski definition) is 1. The Kier molecular flexibility index (Phi) is 6.61. The van der Waals surface area contributed by atoms with Crippen LogP contribution < -0.4 is 0 Å². The van der Waals surface area contributed by atoms with Crippen LogP contribution in [0.5, 0.6) is 0 Å². The average molecular weight is 232 g/mol. The Balaban J connectivity index is 2.47. The number of hydrogen-bond donors (Lipinski definition) is 0. The first kappa shape index (κ1) is 14.0. The average Bonchev–Trinajstić information content (AvgIpc) is 2.35. The van der Waals surface area contributed by atoms with E-state index in [9.17, 15) is 4.79 Å². The molecule has 0 radical (unpaired) electrons. The van der Waals surface area contributed by atoms with Crippen molar-refractivity contribution < 1.29 is 4.79 Å². The first-order valence-electron chi connectivity index (χ1n) is 6.90. The molecule has 0 aromatic heterocycles. The fourth-order valence-electron chi connectivity index (χ4n) is 2.05. The minimum atomic E-state index is 0.305. The predicted octanol–water partition coefficient (Wildman–Crippen LogP) is 4.79. The van der Waals surface area contributed by atoms with Gasteiger partial charge in [-0.2, -0.15) is 0 Å². The summed E-state index contributed by atoms with van der Waals surface area (Å²) in [5.41, 5.74) is 2.18. The third-order valence-corrected chi connectivity index (χ3v) is 3.05. The highest BCUT2D eigenvalue weighted by Crippen LogP contribution is 2.12. The van der Waals surface area contributed by atoms with Gasteiger partial charge in [0.25, 0.3) is 0 Å². The second kappa shape index (κ2) is 8.05. The van der Waals surface area contributed by atoms with E-state index in [1.807, 2.05) is 12.1 Å². The molecule has 0 amide bonds. The number of carbonyl (C=O) groups is 1. The number of aryl methyl sites for hydroxylation is 1. The van der Waals surface area contributed by atoms with Crippen LogP contribution >= 0.6 is 0 Å². The van der Waals surface area contributed by atoms with Gasteiger partial charge in [0.05, 0.1) is 0 Å². The van der Waals surface area contributed by atoms with Crippen molar-refractivity contribution in [2.75, 3.05) is 0 Å². The molecule has 1 heteroatoms. The third kappa shape index (κ3) is 5.16. The van der Waals surface area contributed by atoms with Crippen molar-refractivity contribution in [1.29, 1.82) is 0 Å². The summed E-state index contributed by atoms with van der Waals surface area (Å²) >= 11 is 0. The van der Waals surface area contributed by atoms with Crippen LogP contribution in [-0.2, 0) is 6.42 Å². The highest BCUT2D eigenvalue weighted by atomic mass is 16.1. The summed E-state index contributed by atoms with van der Waals surface area (Å²) in [6.45, 7) is 4.36. The molecule has 0 bridgehead atoms. The van der Waals surface area contributed by atoms with Crippen LogP contribution in [0.4, 0.5) is 0 Å². The zero-order valence-electron chi connectivity index (χ0n) is 11.2. The Bertz CT molecular complexity index is 341. The van der Waals surface area contributed by atoms with Gasteiger partial charge in [-0.3, -0.25) is 4.79 Å². The van der Waals surface area contributed by atoms with Crippen LogP contribution in [0.15, 0.2) is 24.3 Å². The van der Waals surface area contributed by atoms with E-state index in [1.165, 1.54) is 24.8 Å². The molecule has 0 aliphatic carbocycles. The smallest absolute Gasteiger partial charge is 0.162 e. The fraction of sp³-hybridized carbons (Fsp3) is 0.562. The van der Waals surface area contributed by atoms with Gasteiger partial charge in [0.15, 0.2) is 5.78 Å². The molecule has 1 nitrogen and oxygen atoms in total. The van der Waals surface area contributed by atoms with Crippen LogP contribution in [0.1, 0.15) is 68.3 Å². The molecule has 0 spiro atoms. The van der Waals surface area contributed by atoms with Crippen LogP contribution in [0.2, 0.25) is 0 Å². The highest BCUT2D eigenvalue weighted by molar-refractivity contribution is 5.96. The van der Waals surface area contributed by atoms with Crippen molar-refractivity contribution in [2.45, 2.75) is 58.8 Å².